The van der Waals surface area contributed by atoms with Crippen LogP contribution in [0.3, 0.4) is 0 Å². The molecule has 0 aromatic heterocycles. The van der Waals surface area contributed by atoms with Gasteiger partial charge in [0, 0.05) is 6.04 Å². The van der Waals surface area contributed by atoms with Gasteiger partial charge in [0.2, 0.25) is 0 Å². The Bertz CT molecular complexity index is 83.7. The summed E-state index contributed by atoms with van der Waals surface area (Å²) in [5.41, 5.74) is -0.0259. The summed E-state index contributed by atoms with van der Waals surface area (Å²) < 4.78 is 5.43. The van der Waals surface area contributed by atoms with Crippen LogP contribution < -0.4 is 5.32 Å². The van der Waals surface area contributed by atoms with E-state index >= 15 is 0 Å². The molecule has 10 heavy (non-hydrogen) atoms. The lowest BCUT2D eigenvalue weighted by molar-refractivity contribution is -0.0157. The van der Waals surface area contributed by atoms with Gasteiger partial charge in [-0.05, 0) is 34.6 Å². The zero-order valence-corrected chi connectivity index (χ0v) is 7.69. The van der Waals surface area contributed by atoms with Gasteiger partial charge in [-0.2, -0.15) is 0 Å². The number of hydrogen-bond donors (Lipinski definition) is 1. The molecule has 0 atom stereocenters. The standard InChI is InChI=1S/C8H19NO/c1-7(2)9-6-10-8(3,4)5/h7,9H,6H2,1-5H3. The van der Waals surface area contributed by atoms with Crippen molar-refractivity contribution >= 4 is 0 Å². The molecule has 62 valence electrons. The first-order valence-corrected chi connectivity index (χ1v) is 3.79. The molecular formula is C8H19NO. The molecule has 0 bridgehead atoms. The van der Waals surface area contributed by atoms with Gasteiger partial charge in [-0.1, -0.05) is 0 Å². The molecule has 2 heteroatoms. The maximum absolute atomic E-state index is 5.43. The van der Waals surface area contributed by atoms with E-state index < -0.39 is 0 Å². The summed E-state index contributed by atoms with van der Waals surface area (Å²) in [6, 6.07) is 0.502. The second-order valence-corrected chi connectivity index (χ2v) is 3.76. The van der Waals surface area contributed by atoms with Gasteiger partial charge in [-0.15, -0.1) is 0 Å². The Balaban J connectivity index is 3.21. The molecule has 1 N–H and O–H groups in total. The Morgan fingerprint density at radius 1 is 1.30 bits per heavy atom. The third-order valence-corrected chi connectivity index (χ3v) is 0.997. The first kappa shape index (κ1) is 9.92. The highest BCUT2D eigenvalue weighted by Gasteiger charge is 2.08. The van der Waals surface area contributed by atoms with E-state index in [2.05, 4.69) is 39.9 Å². The number of ether oxygens (including phenoxy) is 1. The van der Waals surface area contributed by atoms with E-state index in [1.54, 1.807) is 0 Å². The molecule has 0 aliphatic carbocycles. The number of nitrogens with one attached hydrogen (secondary N) is 1. The van der Waals surface area contributed by atoms with Crippen LogP contribution in [0.15, 0.2) is 0 Å². The molecule has 0 unspecified atom stereocenters. The molecule has 2 nitrogen and oxygen atoms in total. The Labute approximate surface area is 64.0 Å². The van der Waals surface area contributed by atoms with Crippen LogP contribution in [-0.2, 0) is 4.74 Å². The van der Waals surface area contributed by atoms with Gasteiger partial charge in [-0.25, -0.2) is 0 Å². The zero-order valence-electron chi connectivity index (χ0n) is 7.69. The lowest BCUT2D eigenvalue weighted by Crippen LogP contribution is -2.31. The minimum atomic E-state index is -0.0259. The van der Waals surface area contributed by atoms with E-state index in [9.17, 15) is 0 Å². The molecule has 0 fully saturated rings. The zero-order chi connectivity index (χ0) is 8.20. The van der Waals surface area contributed by atoms with Crippen molar-refractivity contribution in [2.75, 3.05) is 6.73 Å². The monoisotopic (exact) mass is 145 g/mol. The predicted molar refractivity (Wildman–Crippen MR) is 44.0 cm³/mol. The normalized spacial score (nSPS) is 12.6. The molecule has 0 amide bonds. The fourth-order valence-electron chi connectivity index (χ4n) is 0.425. The van der Waals surface area contributed by atoms with Crippen molar-refractivity contribution in [1.29, 1.82) is 0 Å². The predicted octanol–water partition coefficient (Wildman–Crippen LogP) is 1.76. The highest BCUT2D eigenvalue weighted by Crippen LogP contribution is 2.04. The Morgan fingerprint density at radius 3 is 2.10 bits per heavy atom. The largest absolute Gasteiger partial charge is 0.361 e. The van der Waals surface area contributed by atoms with Crippen molar-refractivity contribution in [3.63, 3.8) is 0 Å². The minimum absolute atomic E-state index is 0.0259. The van der Waals surface area contributed by atoms with Gasteiger partial charge in [0.1, 0.15) is 0 Å². The van der Waals surface area contributed by atoms with E-state index in [0.29, 0.717) is 12.8 Å². The van der Waals surface area contributed by atoms with Crippen molar-refractivity contribution < 1.29 is 4.74 Å². The average Bonchev–Trinajstić information content (AvgIpc) is 1.59. The van der Waals surface area contributed by atoms with Crippen LogP contribution in [-0.4, -0.2) is 18.4 Å². The van der Waals surface area contributed by atoms with Crippen LogP contribution >= 0.6 is 0 Å². The van der Waals surface area contributed by atoms with Gasteiger partial charge >= 0.3 is 0 Å². The third kappa shape index (κ3) is 7.92. The van der Waals surface area contributed by atoms with Gasteiger partial charge in [0.25, 0.3) is 0 Å². The molecule has 0 saturated heterocycles. The van der Waals surface area contributed by atoms with Crippen molar-refractivity contribution in [3.8, 4) is 0 Å². The van der Waals surface area contributed by atoms with E-state index in [1.165, 1.54) is 0 Å². The Kier molecular flexibility index (Phi) is 3.91. The van der Waals surface area contributed by atoms with E-state index in [-0.39, 0.29) is 5.60 Å². The summed E-state index contributed by atoms with van der Waals surface area (Å²) in [5, 5.41) is 3.18. The minimum Gasteiger partial charge on any atom is -0.361 e. The third-order valence-electron chi connectivity index (χ3n) is 0.997. The quantitative estimate of drug-likeness (QED) is 0.611. The van der Waals surface area contributed by atoms with Gasteiger partial charge in [0.05, 0.1) is 12.3 Å². The van der Waals surface area contributed by atoms with Gasteiger partial charge in [-0.3, -0.25) is 5.32 Å². The lowest BCUT2D eigenvalue weighted by Gasteiger charge is -2.20. The topological polar surface area (TPSA) is 21.3 Å². The molecule has 0 aliphatic rings. The molecule has 0 aliphatic heterocycles. The fourth-order valence-corrected chi connectivity index (χ4v) is 0.425. The van der Waals surface area contributed by atoms with Crippen LogP contribution in [0.5, 0.6) is 0 Å². The van der Waals surface area contributed by atoms with Crippen LogP contribution in [0.25, 0.3) is 0 Å². The van der Waals surface area contributed by atoms with Crippen molar-refractivity contribution in [1.82, 2.24) is 5.32 Å². The molecule has 0 aromatic carbocycles. The Morgan fingerprint density at radius 2 is 1.80 bits per heavy atom. The molecule has 0 aromatic rings. The van der Waals surface area contributed by atoms with E-state index in [1.807, 2.05) is 0 Å². The maximum atomic E-state index is 5.43. The molecule has 0 spiro atoms. The lowest BCUT2D eigenvalue weighted by atomic mass is 10.2. The first-order chi connectivity index (χ1) is 4.42. The Hall–Kier alpha value is -0.0800. The van der Waals surface area contributed by atoms with Crippen molar-refractivity contribution in [3.05, 3.63) is 0 Å². The van der Waals surface area contributed by atoms with E-state index in [0.717, 1.165) is 0 Å². The van der Waals surface area contributed by atoms with Crippen molar-refractivity contribution in [2.45, 2.75) is 46.3 Å². The van der Waals surface area contributed by atoms with Crippen LogP contribution in [0.1, 0.15) is 34.6 Å². The molecule has 0 radical (unpaired) electrons. The summed E-state index contributed by atoms with van der Waals surface area (Å²) >= 11 is 0. The van der Waals surface area contributed by atoms with Crippen molar-refractivity contribution in [2.24, 2.45) is 0 Å². The summed E-state index contributed by atoms with van der Waals surface area (Å²) in [5.74, 6) is 0. The first-order valence-electron chi connectivity index (χ1n) is 3.79. The number of hydrogen-bond acceptors (Lipinski definition) is 2. The summed E-state index contributed by atoms with van der Waals surface area (Å²) in [7, 11) is 0. The van der Waals surface area contributed by atoms with Crippen LogP contribution in [0, 0.1) is 0 Å². The SMILES string of the molecule is CC(C)NCOC(C)(C)C. The smallest absolute Gasteiger partial charge is 0.0974 e. The average molecular weight is 145 g/mol. The second-order valence-electron chi connectivity index (χ2n) is 3.76. The maximum Gasteiger partial charge on any atom is 0.0974 e. The molecule has 0 rings (SSSR count). The highest BCUT2D eigenvalue weighted by molar-refractivity contribution is 4.58. The molecule has 0 saturated carbocycles. The molecule has 0 heterocycles. The summed E-state index contributed by atoms with van der Waals surface area (Å²) in [6.07, 6.45) is 0. The second kappa shape index (κ2) is 3.94. The molecular weight excluding hydrogens is 126 g/mol. The van der Waals surface area contributed by atoms with E-state index in [4.69, 9.17) is 4.74 Å². The van der Waals surface area contributed by atoms with Crippen LogP contribution in [0.4, 0.5) is 0 Å². The van der Waals surface area contributed by atoms with Crippen LogP contribution in [0.2, 0.25) is 0 Å². The summed E-state index contributed by atoms with van der Waals surface area (Å²) in [6.45, 7) is 11.0. The summed E-state index contributed by atoms with van der Waals surface area (Å²) in [4.78, 5) is 0. The fraction of sp³-hybridized carbons (Fsp3) is 1.00. The van der Waals surface area contributed by atoms with Gasteiger partial charge < -0.3 is 4.74 Å². The number of rotatable bonds is 3. The highest BCUT2D eigenvalue weighted by atomic mass is 16.5. The van der Waals surface area contributed by atoms with Gasteiger partial charge in [0.15, 0.2) is 0 Å².